The molecule has 0 atom stereocenters. The van der Waals surface area contributed by atoms with Crippen LogP contribution in [0.15, 0.2) is 72.5 Å². The molecule has 0 amide bonds. The van der Waals surface area contributed by atoms with Crippen LogP contribution in [0.4, 0.5) is 5.95 Å². The summed E-state index contributed by atoms with van der Waals surface area (Å²) in [6.45, 7) is 0.772. The number of aromatic nitrogens is 7. The van der Waals surface area contributed by atoms with Crippen LogP contribution in [-0.2, 0) is 6.54 Å². The maximum Gasteiger partial charge on any atom is 0.374 e. The predicted octanol–water partition coefficient (Wildman–Crippen LogP) is -1.44. The molecule has 132 valence electrons. The standard InChI is InChI=1S/C15H13N12/c1-4-13-20-17-10-22(13)24(8-1)26-14-5-2-9-25(23(14)12-19-26)27-15-16-6-3-7-21(15)11-18-27/h1-6,8-12H,7H2/q+1/p+1. The van der Waals surface area contributed by atoms with Crippen molar-refractivity contribution in [1.82, 2.24) is 29.6 Å². The molecule has 0 saturated heterocycles. The summed E-state index contributed by atoms with van der Waals surface area (Å²) >= 11 is 0. The first-order chi connectivity index (χ1) is 13.4. The highest BCUT2D eigenvalue weighted by molar-refractivity contribution is 5.65. The van der Waals surface area contributed by atoms with E-state index in [2.05, 4.69) is 25.7 Å². The molecule has 6 heterocycles. The molecular formula is C15H14N12+2. The molecule has 3 aromatic rings. The molecule has 3 aliphatic heterocycles. The third-order valence-electron chi connectivity index (χ3n) is 4.42. The summed E-state index contributed by atoms with van der Waals surface area (Å²) in [5.41, 5.74) is 0.725. The summed E-state index contributed by atoms with van der Waals surface area (Å²) in [5, 5.41) is 25.8. The average Bonchev–Trinajstić information content (AvgIpc) is 3.44. The molecule has 3 aliphatic rings. The van der Waals surface area contributed by atoms with E-state index in [1.165, 1.54) is 0 Å². The minimum absolute atomic E-state index is 0.725. The van der Waals surface area contributed by atoms with Crippen LogP contribution >= 0.6 is 0 Å². The van der Waals surface area contributed by atoms with Crippen LogP contribution in [0.5, 0.6) is 0 Å². The fraction of sp³-hybridized carbons (Fsp3) is 0.0667. The van der Waals surface area contributed by atoms with E-state index in [1.807, 2.05) is 73.0 Å². The Hall–Kier alpha value is -4.22. The molecule has 1 N–H and O–H groups in total. The molecular weight excluding hydrogens is 348 g/mol. The van der Waals surface area contributed by atoms with Crippen LogP contribution in [0.3, 0.4) is 0 Å². The molecule has 0 bridgehead atoms. The Morgan fingerprint density at radius 1 is 1.26 bits per heavy atom. The van der Waals surface area contributed by atoms with Crippen LogP contribution < -0.4 is 24.9 Å². The zero-order chi connectivity index (χ0) is 17.8. The second kappa shape index (κ2) is 5.14. The third-order valence-corrected chi connectivity index (χ3v) is 4.42. The van der Waals surface area contributed by atoms with E-state index in [-0.39, 0.29) is 0 Å². The molecule has 3 aromatic heterocycles. The Morgan fingerprint density at radius 3 is 3.26 bits per heavy atom. The number of hydrogen-bond acceptors (Lipinski definition) is 8. The van der Waals surface area contributed by atoms with Gasteiger partial charge in [-0.15, -0.1) is 19.8 Å². The minimum atomic E-state index is 0.725. The van der Waals surface area contributed by atoms with E-state index in [0.717, 1.165) is 24.0 Å². The van der Waals surface area contributed by atoms with Gasteiger partial charge in [0.15, 0.2) is 12.0 Å². The van der Waals surface area contributed by atoms with Gasteiger partial charge in [-0.05, 0) is 35.2 Å². The topological polar surface area (TPSA) is 89.9 Å². The van der Waals surface area contributed by atoms with Crippen molar-refractivity contribution in [3.63, 3.8) is 0 Å². The van der Waals surface area contributed by atoms with E-state index in [1.54, 1.807) is 28.9 Å². The first-order valence-electron chi connectivity index (χ1n) is 8.31. The van der Waals surface area contributed by atoms with Crippen molar-refractivity contribution in [2.45, 2.75) is 6.54 Å². The fourth-order valence-electron chi connectivity index (χ4n) is 3.20. The van der Waals surface area contributed by atoms with Gasteiger partial charge in [-0.3, -0.25) is 5.32 Å². The summed E-state index contributed by atoms with van der Waals surface area (Å²) in [6.07, 6.45) is 16.8. The second-order valence-corrected chi connectivity index (χ2v) is 5.96. The number of fused-ring (bicyclic) bond motifs is 3. The van der Waals surface area contributed by atoms with Crippen molar-refractivity contribution in [2.75, 3.05) is 15.6 Å². The number of nitrogens with zero attached hydrogens (tertiary/aromatic N) is 11. The maximum absolute atomic E-state index is 4.54. The van der Waals surface area contributed by atoms with E-state index in [4.69, 9.17) is 0 Å². The number of hydrogen-bond donors (Lipinski definition) is 1. The van der Waals surface area contributed by atoms with Gasteiger partial charge in [-0.2, -0.15) is 5.01 Å². The van der Waals surface area contributed by atoms with Crippen molar-refractivity contribution in [3.05, 3.63) is 67.4 Å². The highest BCUT2D eigenvalue weighted by Gasteiger charge is 2.40. The van der Waals surface area contributed by atoms with Gasteiger partial charge in [0.05, 0.1) is 17.8 Å². The molecule has 0 unspecified atom stereocenters. The Labute approximate surface area is 152 Å². The molecule has 12 heteroatoms. The molecule has 0 radical (unpaired) electrons. The van der Waals surface area contributed by atoms with Crippen molar-refractivity contribution in [1.29, 1.82) is 0 Å². The van der Waals surface area contributed by atoms with Gasteiger partial charge >= 0.3 is 5.95 Å². The zero-order valence-corrected chi connectivity index (χ0v) is 14.0. The zero-order valence-electron chi connectivity index (χ0n) is 14.0. The van der Waals surface area contributed by atoms with Crippen LogP contribution in [0.2, 0.25) is 0 Å². The summed E-state index contributed by atoms with van der Waals surface area (Å²) in [5.74, 6) is 1.67. The van der Waals surface area contributed by atoms with Crippen molar-refractivity contribution >= 4 is 17.9 Å². The van der Waals surface area contributed by atoms with Gasteiger partial charge in [0, 0.05) is 21.2 Å². The molecule has 0 aliphatic carbocycles. The average molecular weight is 362 g/mol. The number of anilines is 1. The largest absolute Gasteiger partial charge is 0.374 e. The van der Waals surface area contributed by atoms with Crippen molar-refractivity contribution in [2.24, 2.45) is 5.10 Å². The van der Waals surface area contributed by atoms with Gasteiger partial charge in [0.25, 0.3) is 6.34 Å². The van der Waals surface area contributed by atoms with Crippen LogP contribution in [0.25, 0.3) is 5.65 Å². The molecule has 0 fully saturated rings. The number of hydrazone groups is 1. The van der Waals surface area contributed by atoms with Crippen LogP contribution in [-0.4, -0.2) is 35.9 Å². The lowest BCUT2D eigenvalue weighted by Gasteiger charge is -2.27. The summed E-state index contributed by atoms with van der Waals surface area (Å²) in [7, 11) is 0. The number of hydrazine groups is 1. The molecule has 27 heavy (non-hydrogen) atoms. The van der Waals surface area contributed by atoms with Crippen LogP contribution in [0, 0.1) is 0 Å². The number of nitrogens with one attached hydrogen (secondary N) is 1. The Bertz CT molecular complexity index is 1160. The number of rotatable bonds is 2. The van der Waals surface area contributed by atoms with Gasteiger partial charge in [0.1, 0.15) is 6.20 Å². The molecule has 0 aromatic carbocycles. The van der Waals surface area contributed by atoms with E-state index in [0.29, 0.717) is 0 Å². The molecule has 0 spiro atoms. The second-order valence-electron chi connectivity index (χ2n) is 5.96. The summed E-state index contributed by atoms with van der Waals surface area (Å²) in [4.78, 5) is 3.59. The smallest absolute Gasteiger partial charge is 0.268 e. The van der Waals surface area contributed by atoms with Gasteiger partial charge in [-0.1, -0.05) is 0 Å². The Balaban J connectivity index is 1.40. The molecule has 0 saturated carbocycles. The lowest BCUT2D eigenvalue weighted by molar-refractivity contribution is -0.756. The first kappa shape index (κ1) is 14.0. The lowest BCUT2D eigenvalue weighted by atomic mass is 10.4. The van der Waals surface area contributed by atoms with Crippen molar-refractivity contribution < 1.29 is 9.36 Å². The fourth-order valence-corrected chi connectivity index (χ4v) is 3.20. The quantitative estimate of drug-likeness (QED) is 0.559. The number of allylic oxidation sites excluding steroid dienone is 3. The van der Waals surface area contributed by atoms with Crippen molar-refractivity contribution in [3.8, 4) is 0 Å². The Kier molecular flexibility index (Phi) is 2.67. The van der Waals surface area contributed by atoms with E-state index < -0.39 is 0 Å². The van der Waals surface area contributed by atoms with E-state index in [9.17, 15) is 0 Å². The minimum Gasteiger partial charge on any atom is -0.268 e. The Morgan fingerprint density at radius 2 is 2.26 bits per heavy atom. The maximum atomic E-state index is 4.54. The lowest BCUT2D eigenvalue weighted by Crippen LogP contribution is -2.60. The molecule has 6 rings (SSSR count). The van der Waals surface area contributed by atoms with Gasteiger partial charge in [0.2, 0.25) is 12.1 Å². The first-order valence-corrected chi connectivity index (χ1v) is 8.31. The monoisotopic (exact) mass is 362 g/mol. The van der Waals surface area contributed by atoms with Gasteiger partial charge in [-0.25, -0.2) is 4.57 Å². The van der Waals surface area contributed by atoms with Crippen LogP contribution in [0.1, 0.15) is 0 Å². The highest BCUT2D eigenvalue weighted by Crippen LogP contribution is 2.20. The highest BCUT2D eigenvalue weighted by atomic mass is 16.0. The summed E-state index contributed by atoms with van der Waals surface area (Å²) < 4.78 is 3.83. The predicted molar refractivity (Wildman–Crippen MR) is 92.4 cm³/mol. The third kappa shape index (κ3) is 1.91. The van der Waals surface area contributed by atoms with E-state index >= 15 is 0 Å². The molecule has 12 nitrogen and oxygen atoms in total. The summed E-state index contributed by atoms with van der Waals surface area (Å²) in [6, 6.07) is 3.78. The normalized spacial score (nSPS) is 17.3. The SMILES string of the molecule is C1=CN(n2nc[n+]3c2NC=CC3)N2C=NN([n+]3cccc4nncn43)C2=C1. The van der Waals surface area contributed by atoms with Gasteiger partial charge < -0.3 is 0 Å².